The number of nitrogens with one attached hydrogen (secondary N) is 1. The highest BCUT2D eigenvalue weighted by Crippen LogP contribution is 2.17. The minimum Gasteiger partial charge on any atom is -0.316 e. The molecule has 0 spiro atoms. The summed E-state index contributed by atoms with van der Waals surface area (Å²) in [7, 11) is -1.70. The maximum absolute atomic E-state index is 13.1. The summed E-state index contributed by atoms with van der Waals surface area (Å²) in [5, 5.41) is 3.02. The molecule has 1 aromatic carbocycles. The molecule has 18 heavy (non-hydrogen) atoms. The highest BCUT2D eigenvalue weighted by Gasteiger charge is 2.23. The summed E-state index contributed by atoms with van der Waals surface area (Å²) in [5.41, 5.74) is 0. The Balaban J connectivity index is 2.94. The molecule has 0 radical (unpaired) electrons. The van der Waals surface area contributed by atoms with Crippen molar-refractivity contribution in [1.82, 2.24) is 5.32 Å². The van der Waals surface area contributed by atoms with Gasteiger partial charge in [-0.2, -0.15) is 0 Å². The molecule has 3 nitrogen and oxygen atoms in total. The fraction of sp³-hybridized carbons (Fsp3) is 0.538. The molecule has 0 aromatic heterocycles. The Kier molecular flexibility index (Phi) is 5.28. The van der Waals surface area contributed by atoms with Crippen LogP contribution in [0.15, 0.2) is 29.2 Å². The Morgan fingerprint density at radius 3 is 2.56 bits per heavy atom. The lowest BCUT2D eigenvalue weighted by Crippen LogP contribution is -2.38. The first kappa shape index (κ1) is 15.1. The van der Waals surface area contributed by atoms with Crippen molar-refractivity contribution in [2.45, 2.75) is 31.2 Å². The largest absolute Gasteiger partial charge is 0.316 e. The van der Waals surface area contributed by atoms with Crippen molar-refractivity contribution < 1.29 is 12.8 Å². The van der Waals surface area contributed by atoms with Gasteiger partial charge in [0.25, 0.3) is 0 Å². The number of benzene rings is 1. The summed E-state index contributed by atoms with van der Waals surface area (Å²) in [6.07, 6.45) is 0.893. The van der Waals surface area contributed by atoms with Gasteiger partial charge in [0.05, 0.1) is 10.6 Å². The van der Waals surface area contributed by atoms with E-state index in [0.29, 0.717) is 0 Å². The molecule has 0 heterocycles. The van der Waals surface area contributed by atoms with Gasteiger partial charge in [0.15, 0.2) is 9.84 Å². The van der Waals surface area contributed by atoms with Crippen LogP contribution in [0.25, 0.3) is 0 Å². The first-order valence-corrected chi connectivity index (χ1v) is 7.71. The number of hydrogen-bond acceptors (Lipinski definition) is 3. The fourth-order valence-electron chi connectivity index (χ4n) is 1.81. The number of hydrogen-bond donors (Lipinski definition) is 1. The topological polar surface area (TPSA) is 46.2 Å². The molecule has 1 N–H and O–H groups in total. The van der Waals surface area contributed by atoms with E-state index in [1.54, 1.807) is 7.05 Å². The van der Waals surface area contributed by atoms with E-state index in [2.05, 4.69) is 5.32 Å². The summed E-state index contributed by atoms with van der Waals surface area (Å²) in [4.78, 5) is 0.0473. The Morgan fingerprint density at radius 2 is 2.06 bits per heavy atom. The van der Waals surface area contributed by atoms with E-state index < -0.39 is 15.7 Å². The lowest BCUT2D eigenvalue weighted by Gasteiger charge is -2.22. The fourth-order valence-corrected chi connectivity index (χ4v) is 3.55. The first-order chi connectivity index (χ1) is 8.40. The number of rotatable bonds is 6. The minimum absolute atomic E-state index is 0.0119. The SMILES string of the molecule is CCC(C)C(CS(=O)(=O)c1cccc(F)c1)NC. The van der Waals surface area contributed by atoms with Crippen LogP contribution in [0.2, 0.25) is 0 Å². The van der Waals surface area contributed by atoms with E-state index in [0.717, 1.165) is 12.5 Å². The van der Waals surface area contributed by atoms with Crippen molar-refractivity contribution >= 4 is 9.84 Å². The van der Waals surface area contributed by atoms with Crippen LogP contribution in [0.1, 0.15) is 20.3 Å². The number of halogens is 1. The third kappa shape index (κ3) is 3.78. The van der Waals surface area contributed by atoms with Gasteiger partial charge in [0, 0.05) is 6.04 Å². The van der Waals surface area contributed by atoms with Crippen LogP contribution in [-0.2, 0) is 9.84 Å². The van der Waals surface area contributed by atoms with E-state index in [1.165, 1.54) is 18.2 Å². The molecule has 0 saturated heterocycles. The average molecular weight is 273 g/mol. The first-order valence-electron chi connectivity index (χ1n) is 6.06. The van der Waals surface area contributed by atoms with Crippen molar-refractivity contribution in [3.8, 4) is 0 Å². The van der Waals surface area contributed by atoms with Crippen LogP contribution in [-0.4, -0.2) is 27.3 Å². The average Bonchev–Trinajstić information content (AvgIpc) is 2.35. The zero-order chi connectivity index (χ0) is 13.8. The van der Waals surface area contributed by atoms with Crippen molar-refractivity contribution in [3.63, 3.8) is 0 Å². The smallest absolute Gasteiger partial charge is 0.180 e. The van der Waals surface area contributed by atoms with E-state index in [4.69, 9.17) is 0 Å². The molecular formula is C13H20FNO2S. The maximum atomic E-state index is 13.1. The van der Waals surface area contributed by atoms with E-state index in [9.17, 15) is 12.8 Å². The lowest BCUT2D eigenvalue weighted by molar-refractivity contribution is 0.414. The molecule has 0 amide bonds. The normalized spacial score (nSPS) is 15.3. The summed E-state index contributed by atoms with van der Waals surface area (Å²) in [6, 6.07) is 5.03. The van der Waals surface area contributed by atoms with Gasteiger partial charge < -0.3 is 5.32 Å². The predicted octanol–water partition coefficient (Wildman–Crippen LogP) is 2.23. The zero-order valence-electron chi connectivity index (χ0n) is 11.0. The van der Waals surface area contributed by atoms with Gasteiger partial charge in [0.1, 0.15) is 5.82 Å². The molecule has 0 saturated carbocycles. The molecule has 0 aliphatic heterocycles. The van der Waals surface area contributed by atoms with Gasteiger partial charge in [0.2, 0.25) is 0 Å². The second-order valence-corrected chi connectivity index (χ2v) is 6.55. The molecule has 1 aromatic rings. The van der Waals surface area contributed by atoms with E-state index in [1.807, 2.05) is 13.8 Å². The van der Waals surface area contributed by atoms with Gasteiger partial charge in [-0.05, 0) is 31.2 Å². The standard InChI is InChI=1S/C13H20FNO2S/c1-4-10(2)13(15-3)9-18(16,17)12-7-5-6-11(14)8-12/h5-8,10,13,15H,4,9H2,1-3H3. The molecule has 2 unspecified atom stereocenters. The van der Waals surface area contributed by atoms with Crippen molar-refractivity contribution in [3.05, 3.63) is 30.1 Å². The molecule has 2 atom stereocenters. The van der Waals surface area contributed by atoms with Crippen LogP contribution in [0.3, 0.4) is 0 Å². The molecular weight excluding hydrogens is 253 g/mol. The summed E-state index contributed by atoms with van der Waals surface area (Å²) < 4.78 is 37.4. The van der Waals surface area contributed by atoms with Crippen LogP contribution in [0, 0.1) is 11.7 Å². The summed E-state index contributed by atoms with van der Waals surface area (Å²) in [5.74, 6) is -0.291. The third-order valence-electron chi connectivity index (χ3n) is 3.26. The second-order valence-electron chi connectivity index (χ2n) is 4.52. The molecule has 102 valence electrons. The molecule has 0 fully saturated rings. The second kappa shape index (κ2) is 6.29. The van der Waals surface area contributed by atoms with Crippen LogP contribution in [0.5, 0.6) is 0 Å². The Hall–Kier alpha value is -0.940. The highest BCUT2D eigenvalue weighted by molar-refractivity contribution is 7.91. The van der Waals surface area contributed by atoms with Crippen LogP contribution < -0.4 is 5.32 Å². The molecule has 0 aliphatic rings. The van der Waals surface area contributed by atoms with E-state index >= 15 is 0 Å². The molecule has 0 bridgehead atoms. The maximum Gasteiger partial charge on any atom is 0.180 e. The van der Waals surface area contributed by atoms with E-state index in [-0.39, 0.29) is 22.6 Å². The highest BCUT2D eigenvalue weighted by atomic mass is 32.2. The Labute approximate surface area is 108 Å². The van der Waals surface area contributed by atoms with Crippen LogP contribution in [0.4, 0.5) is 4.39 Å². The van der Waals surface area contributed by atoms with Gasteiger partial charge in [-0.25, -0.2) is 12.8 Å². The van der Waals surface area contributed by atoms with Gasteiger partial charge >= 0.3 is 0 Å². The van der Waals surface area contributed by atoms with Crippen molar-refractivity contribution in [1.29, 1.82) is 0 Å². The molecule has 1 rings (SSSR count). The van der Waals surface area contributed by atoms with Gasteiger partial charge in [-0.15, -0.1) is 0 Å². The molecule has 5 heteroatoms. The third-order valence-corrected chi connectivity index (χ3v) is 5.03. The quantitative estimate of drug-likeness (QED) is 0.864. The number of sulfone groups is 1. The predicted molar refractivity (Wildman–Crippen MR) is 70.8 cm³/mol. The van der Waals surface area contributed by atoms with Gasteiger partial charge in [-0.1, -0.05) is 26.3 Å². The Bertz CT molecular complexity index is 488. The van der Waals surface area contributed by atoms with Gasteiger partial charge in [-0.3, -0.25) is 0 Å². The summed E-state index contributed by atoms with van der Waals surface area (Å²) in [6.45, 7) is 4.02. The minimum atomic E-state index is -3.45. The van der Waals surface area contributed by atoms with Crippen molar-refractivity contribution in [2.24, 2.45) is 5.92 Å². The lowest BCUT2D eigenvalue weighted by atomic mass is 10.0. The van der Waals surface area contributed by atoms with Crippen molar-refractivity contribution in [2.75, 3.05) is 12.8 Å². The monoisotopic (exact) mass is 273 g/mol. The van der Waals surface area contributed by atoms with Crippen LogP contribution >= 0.6 is 0 Å². The molecule has 0 aliphatic carbocycles. The summed E-state index contributed by atoms with van der Waals surface area (Å²) >= 11 is 0. The Morgan fingerprint density at radius 1 is 1.39 bits per heavy atom. The zero-order valence-corrected chi connectivity index (χ0v) is 11.8.